The average Bonchev–Trinajstić information content (AvgIpc) is 4.01. The van der Waals surface area contributed by atoms with Crippen LogP contribution in [0.3, 0.4) is 0 Å². The molecule has 4 aromatic rings. The molecule has 0 amide bonds. The van der Waals surface area contributed by atoms with Crippen LogP contribution in [0.4, 0.5) is 42.9 Å². The van der Waals surface area contributed by atoms with E-state index in [9.17, 15) is 49.3 Å². The lowest BCUT2D eigenvalue weighted by Gasteiger charge is -2.19. The van der Waals surface area contributed by atoms with Gasteiger partial charge >= 0.3 is 17.1 Å². The van der Waals surface area contributed by atoms with Crippen LogP contribution in [-0.4, -0.2) is 114 Å². The van der Waals surface area contributed by atoms with Gasteiger partial charge in [-0.1, -0.05) is 0 Å². The topological polar surface area (TPSA) is 283 Å². The number of aromatic hydroxyl groups is 1. The van der Waals surface area contributed by atoms with Crippen molar-refractivity contribution in [3.8, 4) is 23.0 Å². The Morgan fingerprint density at radius 2 is 1.06 bits per heavy atom. The Kier molecular flexibility index (Phi) is 23.7. The Hall–Kier alpha value is -6.04. The molecule has 3 saturated heterocycles. The lowest BCUT2D eigenvalue weighted by molar-refractivity contribution is -0.386. The number of aliphatic hydroxyl groups is 3. The minimum absolute atomic E-state index is 0. The van der Waals surface area contributed by atoms with Crippen LogP contribution in [0.1, 0.15) is 19.3 Å². The van der Waals surface area contributed by atoms with Crippen molar-refractivity contribution in [1.82, 2.24) is 5.32 Å². The molecule has 0 spiro atoms. The molecule has 7 N–H and O–H groups in total. The van der Waals surface area contributed by atoms with Crippen molar-refractivity contribution in [3.05, 3.63) is 115 Å². The van der Waals surface area contributed by atoms with Gasteiger partial charge in [0.15, 0.2) is 17.2 Å². The van der Waals surface area contributed by atoms with Gasteiger partial charge in [0, 0.05) is 86.6 Å². The number of benzene rings is 4. The van der Waals surface area contributed by atoms with Crippen LogP contribution < -0.4 is 35.1 Å². The molecule has 3 aliphatic rings. The Morgan fingerprint density at radius 1 is 0.635 bits per heavy atom. The molecule has 3 unspecified atom stereocenters. The van der Waals surface area contributed by atoms with E-state index in [2.05, 4.69) is 15.0 Å². The predicted molar refractivity (Wildman–Crippen MR) is 235 cm³/mol. The number of β-amino-alcohol motifs (C(OH)–C–C–N with tert-alkyl or cyclic N) is 3. The molecule has 7 rings (SSSR count). The van der Waals surface area contributed by atoms with E-state index in [4.69, 9.17) is 25.4 Å². The van der Waals surface area contributed by atoms with Crippen LogP contribution in [0.5, 0.6) is 23.0 Å². The van der Waals surface area contributed by atoms with Crippen LogP contribution in [0, 0.1) is 42.0 Å². The van der Waals surface area contributed by atoms with Gasteiger partial charge in [0.25, 0.3) is 0 Å². The maximum Gasteiger partial charge on any atom is 0.311 e. The summed E-state index contributed by atoms with van der Waals surface area (Å²) in [5.41, 5.74) is 7.49. The molecule has 0 saturated carbocycles. The Balaban J connectivity index is 0.000000402. The Morgan fingerprint density at radius 3 is 1.44 bits per heavy atom. The van der Waals surface area contributed by atoms with Crippen molar-refractivity contribution in [2.45, 2.75) is 37.6 Å². The molecule has 4 aromatic carbocycles. The zero-order valence-corrected chi connectivity index (χ0v) is 36.0. The number of ether oxygens (including phenoxy) is 3. The van der Waals surface area contributed by atoms with Crippen molar-refractivity contribution in [3.63, 3.8) is 0 Å². The van der Waals surface area contributed by atoms with Crippen LogP contribution >= 0.6 is 24.8 Å². The molecule has 24 heteroatoms. The lowest BCUT2D eigenvalue weighted by Crippen LogP contribution is -2.21. The first kappa shape index (κ1) is 55.0. The Labute approximate surface area is 373 Å². The van der Waals surface area contributed by atoms with E-state index in [0.717, 1.165) is 87.1 Å². The largest absolute Gasteiger partial charge is 0.502 e. The van der Waals surface area contributed by atoms with Crippen LogP contribution in [0.15, 0.2) is 72.8 Å². The highest BCUT2D eigenvalue weighted by Crippen LogP contribution is 2.33. The zero-order chi connectivity index (χ0) is 45.2. The van der Waals surface area contributed by atoms with Gasteiger partial charge in [-0.15, -0.1) is 24.8 Å². The summed E-state index contributed by atoms with van der Waals surface area (Å²) in [5.74, 6) is -1.05. The summed E-state index contributed by atoms with van der Waals surface area (Å²) in [6.07, 6.45) is 1.88. The zero-order valence-electron chi connectivity index (χ0n) is 34.4. The number of halogens is 4. The lowest BCUT2D eigenvalue weighted by atomic mass is 10.2. The van der Waals surface area contributed by atoms with Crippen molar-refractivity contribution >= 4 is 58.9 Å². The predicted octanol–water partition coefficient (Wildman–Crippen LogP) is 5.39. The maximum atomic E-state index is 12.5. The molecule has 63 heavy (non-hydrogen) atoms. The number of phenols is 1. The van der Waals surface area contributed by atoms with Gasteiger partial charge in [0.2, 0.25) is 0 Å². The molecule has 0 aromatic heterocycles. The van der Waals surface area contributed by atoms with Crippen molar-refractivity contribution in [1.29, 1.82) is 0 Å². The van der Waals surface area contributed by atoms with Crippen LogP contribution in [-0.2, 0) is 0 Å². The number of nitrogens with zero attached hydrogens (tertiary/aromatic N) is 5. The fraction of sp³-hybridized carbons (Fsp3) is 0.385. The minimum Gasteiger partial charge on any atom is -0.502 e. The molecule has 0 bridgehead atoms. The van der Waals surface area contributed by atoms with Crippen molar-refractivity contribution in [2.75, 3.05) is 76.1 Å². The van der Waals surface area contributed by atoms with Gasteiger partial charge in [-0.2, -0.15) is 0 Å². The third-order valence-electron chi connectivity index (χ3n) is 9.14. The number of nitrogens with two attached hydrogens (primary N) is 1. The smallest absolute Gasteiger partial charge is 0.311 e. The number of phenolic OH excluding ortho intramolecular Hbond substituents is 1. The molecule has 0 radical (unpaired) electrons. The second-order valence-electron chi connectivity index (χ2n) is 13.4. The number of nitrogens with one attached hydrogen (secondary N) is 1. The van der Waals surface area contributed by atoms with Crippen molar-refractivity contribution in [2.24, 2.45) is 0 Å². The molecule has 3 heterocycles. The first-order chi connectivity index (χ1) is 29.0. The fourth-order valence-corrected chi connectivity index (χ4v) is 5.96. The van der Waals surface area contributed by atoms with Crippen LogP contribution in [0.2, 0.25) is 0 Å². The number of nitrogen functional groups attached to an aromatic ring is 1. The molecular formula is C39H51Cl2F2N7O13. The highest BCUT2D eigenvalue weighted by atomic mass is 35.5. The number of nitro groups is 3. The summed E-state index contributed by atoms with van der Waals surface area (Å²) in [5, 5.41) is 70.5. The molecule has 3 atom stereocenters. The monoisotopic (exact) mass is 933 g/mol. The summed E-state index contributed by atoms with van der Waals surface area (Å²) in [6.45, 7) is 4.66. The SMILES string of the molecule is COc1cc(F)ccc1[N+](=O)[O-].COc1cc(N2CCC(O)C2)ccc1N.COc1cc(N2CCC(O)C2)ccc1[N+](=O)[O-].Cl.Cl.O=[N+]([O-])c1ccc(F)cc1O.OC1CCNC1. The third-order valence-corrected chi connectivity index (χ3v) is 9.14. The highest BCUT2D eigenvalue weighted by Gasteiger charge is 2.24. The van der Waals surface area contributed by atoms with E-state index in [1.54, 1.807) is 19.2 Å². The average molecular weight is 935 g/mol. The van der Waals surface area contributed by atoms with E-state index >= 15 is 0 Å². The summed E-state index contributed by atoms with van der Waals surface area (Å²) in [4.78, 5) is 33.3. The minimum atomic E-state index is -0.783. The van der Waals surface area contributed by atoms with E-state index < -0.39 is 37.8 Å². The standard InChI is InChI=1S/C11H14N2O4.C11H16N2O2.C7H6FNO3.C6H4FNO3.C4H9NO.2ClH/c1-17-11-6-8(2-3-10(11)13(15)16)12-5-4-9(14)7-12;1-15-11-6-8(2-3-10(11)12)13-5-4-9(14)7-13;1-12-7-4-5(8)2-3-6(7)9(10)11;7-4-1-2-5(8(10)11)6(9)3-4;6-4-1-2-5-3-4;;/h2-3,6,9,14H,4-5,7H2,1H3;2-3,6,9,14H,4-5,7,12H2,1H3;2-4H,1H3;1-3,9H;4-6H,1-3H2;2*1H. The first-order valence-electron chi connectivity index (χ1n) is 18.6. The highest BCUT2D eigenvalue weighted by molar-refractivity contribution is 5.85. The van der Waals surface area contributed by atoms with E-state index in [-0.39, 0.29) is 66.0 Å². The van der Waals surface area contributed by atoms with Crippen LogP contribution in [0.25, 0.3) is 0 Å². The van der Waals surface area contributed by atoms with Gasteiger partial charge in [0.05, 0.1) is 60.1 Å². The fourth-order valence-electron chi connectivity index (χ4n) is 5.96. The number of methoxy groups -OCH3 is 3. The number of hydrogen-bond acceptors (Lipinski definition) is 17. The van der Waals surface area contributed by atoms with E-state index in [0.29, 0.717) is 30.6 Å². The van der Waals surface area contributed by atoms with Gasteiger partial charge in [-0.25, -0.2) is 8.78 Å². The molecular weight excluding hydrogens is 883 g/mol. The number of hydrogen-bond donors (Lipinski definition) is 6. The molecule has 0 aliphatic carbocycles. The van der Waals surface area contributed by atoms with Gasteiger partial charge in [0.1, 0.15) is 17.4 Å². The molecule has 3 fully saturated rings. The van der Waals surface area contributed by atoms with Gasteiger partial charge in [-0.3, -0.25) is 30.3 Å². The molecule has 20 nitrogen and oxygen atoms in total. The third kappa shape index (κ3) is 17.3. The number of anilines is 3. The molecule has 3 aliphatic heterocycles. The van der Waals surface area contributed by atoms with Gasteiger partial charge < -0.3 is 55.5 Å². The van der Waals surface area contributed by atoms with Gasteiger partial charge in [-0.05, 0) is 56.1 Å². The summed E-state index contributed by atoms with van der Waals surface area (Å²) in [7, 11) is 4.26. The second-order valence-corrected chi connectivity index (χ2v) is 13.4. The second kappa shape index (κ2) is 27.1. The van der Waals surface area contributed by atoms with E-state index in [1.807, 2.05) is 23.1 Å². The number of nitro benzene ring substituents is 3. The quantitative estimate of drug-likeness (QED) is 0.0734. The number of aliphatic hydroxyl groups excluding tert-OH is 3. The first-order valence-corrected chi connectivity index (χ1v) is 18.6. The number of rotatable bonds is 8. The Bertz CT molecular complexity index is 2090. The molecule has 348 valence electrons. The van der Waals surface area contributed by atoms with Crippen molar-refractivity contribution < 1.29 is 58.2 Å². The normalized spacial score (nSPS) is 16.9. The maximum absolute atomic E-state index is 12.5. The summed E-state index contributed by atoms with van der Waals surface area (Å²) >= 11 is 0. The summed E-state index contributed by atoms with van der Waals surface area (Å²) < 4.78 is 39.5. The van der Waals surface area contributed by atoms with E-state index in [1.165, 1.54) is 20.3 Å². The summed E-state index contributed by atoms with van der Waals surface area (Å²) in [6, 6.07) is 16.0.